The second-order valence-electron chi connectivity index (χ2n) is 3.20. The van der Waals surface area contributed by atoms with E-state index in [4.69, 9.17) is 10.5 Å². The molecule has 0 amide bonds. The summed E-state index contributed by atoms with van der Waals surface area (Å²) < 4.78 is 19.5. The van der Waals surface area contributed by atoms with Gasteiger partial charge in [-0.2, -0.15) is 5.10 Å². The Hall–Kier alpha value is -2.11. The Labute approximate surface area is 91.7 Å². The summed E-state index contributed by atoms with van der Waals surface area (Å²) in [6.07, 6.45) is 4.39. The van der Waals surface area contributed by atoms with Gasteiger partial charge in [-0.15, -0.1) is 0 Å². The van der Waals surface area contributed by atoms with E-state index in [1.165, 1.54) is 12.1 Å². The van der Waals surface area contributed by atoms with Crippen LogP contribution in [-0.2, 0) is 6.54 Å². The molecule has 0 aliphatic rings. The zero-order chi connectivity index (χ0) is 11.4. The van der Waals surface area contributed by atoms with E-state index in [1.54, 1.807) is 17.1 Å². The van der Waals surface area contributed by atoms with Crippen LogP contribution in [0.2, 0.25) is 0 Å². The van der Waals surface area contributed by atoms with Crippen molar-refractivity contribution in [1.82, 2.24) is 14.8 Å². The molecular formula is C10H11FN4O. The summed E-state index contributed by atoms with van der Waals surface area (Å²) in [6, 6.07) is 2.78. The molecule has 0 bridgehead atoms. The van der Waals surface area contributed by atoms with E-state index < -0.39 is 0 Å². The highest BCUT2D eigenvalue weighted by Gasteiger charge is 1.97. The van der Waals surface area contributed by atoms with Crippen LogP contribution in [0.25, 0.3) is 0 Å². The van der Waals surface area contributed by atoms with Crippen LogP contribution in [0.4, 0.5) is 10.1 Å². The number of ether oxygens (including phenoxy) is 1. The van der Waals surface area contributed by atoms with Gasteiger partial charge in [0.1, 0.15) is 12.4 Å². The molecule has 0 aliphatic heterocycles. The van der Waals surface area contributed by atoms with Crippen LogP contribution in [0, 0.1) is 5.82 Å². The lowest BCUT2D eigenvalue weighted by Crippen LogP contribution is -2.09. The Morgan fingerprint density at radius 1 is 1.38 bits per heavy atom. The summed E-state index contributed by atoms with van der Waals surface area (Å²) in [5.74, 6) is 0.00808. The lowest BCUT2D eigenvalue weighted by Gasteiger charge is -2.04. The van der Waals surface area contributed by atoms with E-state index in [0.29, 0.717) is 24.7 Å². The molecule has 5 nitrogen and oxygen atoms in total. The summed E-state index contributed by atoms with van der Waals surface area (Å²) in [5, 5.41) is 3.99. The van der Waals surface area contributed by atoms with Crippen molar-refractivity contribution in [3.05, 3.63) is 36.5 Å². The topological polar surface area (TPSA) is 66.0 Å². The first-order chi connectivity index (χ1) is 7.74. The van der Waals surface area contributed by atoms with Crippen LogP contribution in [0.5, 0.6) is 5.88 Å². The van der Waals surface area contributed by atoms with Gasteiger partial charge in [0.05, 0.1) is 24.6 Å². The van der Waals surface area contributed by atoms with E-state index in [9.17, 15) is 4.39 Å². The monoisotopic (exact) mass is 222 g/mol. The van der Waals surface area contributed by atoms with Crippen molar-refractivity contribution in [2.45, 2.75) is 6.54 Å². The predicted molar refractivity (Wildman–Crippen MR) is 56.3 cm³/mol. The van der Waals surface area contributed by atoms with Crippen molar-refractivity contribution >= 4 is 5.69 Å². The highest BCUT2D eigenvalue weighted by atomic mass is 19.1. The zero-order valence-corrected chi connectivity index (χ0v) is 8.51. The maximum Gasteiger partial charge on any atom is 0.213 e. The second-order valence-corrected chi connectivity index (χ2v) is 3.20. The summed E-state index contributed by atoms with van der Waals surface area (Å²) in [5.41, 5.74) is 6.11. The van der Waals surface area contributed by atoms with Crippen LogP contribution >= 0.6 is 0 Å². The van der Waals surface area contributed by atoms with Crippen LogP contribution in [0.1, 0.15) is 0 Å². The fraction of sp³-hybridized carbons (Fsp3) is 0.200. The first kappa shape index (κ1) is 10.4. The summed E-state index contributed by atoms with van der Waals surface area (Å²) >= 11 is 0. The number of nitrogens with zero attached hydrogens (tertiary/aromatic N) is 3. The molecule has 0 saturated carbocycles. The molecule has 2 aromatic rings. The van der Waals surface area contributed by atoms with Crippen molar-refractivity contribution in [3.8, 4) is 5.88 Å². The molecule has 0 saturated heterocycles. The highest BCUT2D eigenvalue weighted by molar-refractivity contribution is 5.30. The van der Waals surface area contributed by atoms with Crippen molar-refractivity contribution < 1.29 is 9.13 Å². The largest absolute Gasteiger partial charge is 0.476 e. The fourth-order valence-electron chi connectivity index (χ4n) is 1.19. The van der Waals surface area contributed by atoms with Crippen LogP contribution in [0.3, 0.4) is 0 Å². The van der Waals surface area contributed by atoms with Crippen LogP contribution < -0.4 is 10.5 Å². The standard InChI is InChI=1S/C10H11FN4O/c11-8-1-2-10(13-5-8)16-4-3-15-7-9(12)6-14-15/h1-2,5-7H,3-4,12H2. The van der Waals surface area contributed by atoms with Crippen LogP contribution in [-0.4, -0.2) is 21.4 Å². The number of halogens is 1. The minimum atomic E-state index is -0.382. The molecule has 16 heavy (non-hydrogen) atoms. The maximum atomic E-state index is 12.5. The van der Waals surface area contributed by atoms with E-state index in [-0.39, 0.29) is 5.82 Å². The molecule has 2 rings (SSSR count). The Bertz CT molecular complexity index is 454. The summed E-state index contributed by atoms with van der Waals surface area (Å²) in [4.78, 5) is 3.76. The molecule has 0 radical (unpaired) electrons. The smallest absolute Gasteiger partial charge is 0.213 e. The molecule has 0 aromatic carbocycles. The molecule has 2 heterocycles. The van der Waals surface area contributed by atoms with Crippen molar-refractivity contribution in [3.63, 3.8) is 0 Å². The third-order valence-corrected chi connectivity index (χ3v) is 1.92. The molecule has 0 aliphatic carbocycles. The molecule has 84 valence electrons. The molecule has 0 spiro atoms. The van der Waals surface area contributed by atoms with Gasteiger partial charge in [0, 0.05) is 12.3 Å². The quantitative estimate of drug-likeness (QED) is 0.840. The average molecular weight is 222 g/mol. The summed E-state index contributed by atoms with van der Waals surface area (Å²) in [6.45, 7) is 0.968. The lowest BCUT2D eigenvalue weighted by molar-refractivity contribution is 0.280. The molecular weight excluding hydrogens is 211 g/mol. The van der Waals surface area contributed by atoms with Gasteiger partial charge in [0.25, 0.3) is 0 Å². The minimum Gasteiger partial charge on any atom is -0.476 e. The van der Waals surface area contributed by atoms with Gasteiger partial charge in [-0.3, -0.25) is 4.68 Å². The zero-order valence-electron chi connectivity index (χ0n) is 8.51. The SMILES string of the molecule is Nc1cnn(CCOc2ccc(F)cn2)c1. The number of aromatic nitrogens is 3. The van der Waals surface area contributed by atoms with Gasteiger partial charge >= 0.3 is 0 Å². The number of hydrogen-bond acceptors (Lipinski definition) is 4. The Morgan fingerprint density at radius 2 is 2.25 bits per heavy atom. The maximum absolute atomic E-state index is 12.5. The van der Waals surface area contributed by atoms with Gasteiger partial charge < -0.3 is 10.5 Å². The normalized spacial score (nSPS) is 10.3. The van der Waals surface area contributed by atoms with E-state index >= 15 is 0 Å². The van der Waals surface area contributed by atoms with Crippen LogP contribution in [0.15, 0.2) is 30.7 Å². The number of rotatable bonds is 4. The first-order valence-electron chi connectivity index (χ1n) is 4.76. The fourth-order valence-corrected chi connectivity index (χ4v) is 1.19. The van der Waals surface area contributed by atoms with Gasteiger partial charge in [-0.05, 0) is 6.07 Å². The highest BCUT2D eigenvalue weighted by Crippen LogP contribution is 2.06. The van der Waals surface area contributed by atoms with Gasteiger partial charge in [-0.1, -0.05) is 0 Å². The lowest BCUT2D eigenvalue weighted by atomic mass is 10.5. The third kappa shape index (κ3) is 2.69. The molecule has 0 atom stereocenters. The third-order valence-electron chi connectivity index (χ3n) is 1.92. The molecule has 2 aromatic heterocycles. The number of nitrogen functional groups attached to an aromatic ring is 1. The van der Waals surface area contributed by atoms with Gasteiger partial charge in [0.2, 0.25) is 5.88 Å². The summed E-state index contributed by atoms with van der Waals surface area (Å²) in [7, 11) is 0. The molecule has 0 unspecified atom stereocenters. The van der Waals surface area contributed by atoms with Gasteiger partial charge in [0.15, 0.2) is 0 Å². The number of hydrogen-bond donors (Lipinski definition) is 1. The van der Waals surface area contributed by atoms with Crippen molar-refractivity contribution in [2.24, 2.45) is 0 Å². The number of nitrogens with two attached hydrogens (primary N) is 1. The minimum absolute atomic E-state index is 0.382. The molecule has 0 fully saturated rings. The Kier molecular flexibility index (Phi) is 3.00. The van der Waals surface area contributed by atoms with Crippen molar-refractivity contribution in [2.75, 3.05) is 12.3 Å². The van der Waals surface area contributed by atoms with Crippen molar-refractivity contribution in [1.29, 1.82) is 0 Å². The Balaban J connectivity index is 1.82. The first-order valence-corrected chi connectivity index (χ1v) is 4.76. The second kappa shape index (κ2) is 4.61. The Morgan fingerprint density at radius 3 is 2.88 bits per heavy atom. The predicted octanol–water partition coefficient (Wildman–Crippen LogP) is 1.08. The number of anilines is 1. The average Bonchev–Trinajstić information content (AvgIpc) is 2.67. The molecule has 2 N–H and O–H groups in total. The van der Waals surface area contributed by atoms with Gasteiger partial charge in [-0.25, -0.2) is 9.37 Å². The van der Waals surface area contributed by atoms with E-state index in [1.807, 2.05) is 0 Å². The van der Waals surface area contributed by atoms with E-state index in [0.717, 1.165) is 6.20 Å². The van der Waals surface area contributed by atoms with E-state index in [2.05, 4.69) is 10.1 Å². The number of pyridine rings is 1. The molecule has 6 heteroatoms.